The number of aliphatic hydroxyl groups excluding tert-OH is 2. The van der Waals surface area contributed by atoms with E-state index in [0.29, 0.717) is 12.8 Å². The topological polar surface area (TPSA) is 69.6 Å². The molecule has 0 aliphatic rings. The van der Waals surface area contributed by atoms with Crippen LogP contribution in [0, 0.1) is 0 Å². The predicted molar refractivity (Wildman–Crippen MR) is 318 cm³/mol. The minimum absolute atomic E-state index is 0.0233. The van der Waals surface area contributed by atoms with Crippen LogP contribution in [0.2, 0.25) is 0 Å². The fourth-order valence-electron chi connectivity index (χ4n) is 10.4. The average Bonchev–Trinajstić information content (AvgIpc) is 3.37. The number of allylic oxidation sites excluding steroid dienone is 6. The van der Waals surface area contributed by atoms with E-state index in [-0.39, 0.29) is 12.5 Å². The second-order valence-electron chi connectivity index (χ2n) is 22.5. The fourth-order valence-corrected chi connectivity index (χ4v) is 10.4. The number of carbonyl (C=O) groups excluding carboxylic acids is 1. The van der Waals surface area contributed by atoms with Crippen LogP contribution in [0.4, 0.5) is 0 Å². The Morgan fingerprint density at radius 3 is 0.859 bits per heavy atom. The van der Waals surface area contributed by atoms with Crippen LogP contribution in [-0.4, -0.2) is 34.9 Å². The van der Waals surface area contributed by atoms with E-state index in [1.165, 1.54) is 302 Å². The maximum Gasteiger partial charge on any atom is 0.220 e. The molecule has 3 N–H and O–H groups in total. The maximum atomic E-state index is 12.5. The first-order valence-electron chi connectivity index (χ1n) is 32.7. The molecule has 0 saturated carbocycles. The molecule has 71 heavy (non-hydrogen) atoms. The van der Waals surface area contributed by atoms with E-state index in [4.69, 9.17) is 0 Å². The largest absolute Gasteiger partial charge is 0.394 e. The van der Waals surface area contributed by atoms with Gasteiger partial charge in [0.15, 0.2) is 0 Å². The van der Waals surface area contributed by atoms with Gasteiger partial charge in [-0.2, -0.15) is 0 Å². The molecular weight excluding hydrogens is 867 g/mol. The molecule has 0 radical (unpaired) electrons. The highest BCUT2D eigenvalue weighted by Gasteiger charge is 2.20. The molecular formula is C67H129NO3. The zero-order valence-electron chi connectivity index (χ0n) is 48.5. The summed E-state index contributed by atoms with van der Waals surface area (Å²) in [7, 11) is 0. The van der Waals surface area contributed by atoms with Crippen LogP contribution < -0.4 is 5.32 Å². The first kappa shape index (κ1) is 69.6. The van der Waals surface area contributed by atoms with E-state index in [1.807, 2.05) is 0 Å². The molecule has 1 amide bonds. The SMILES string of the molecule is CCCCCCC/C=C\C/C=C\C/C=C\CCCCCCCCCCCCCCCCCCCCCCCCCCC(=O)NC(CO)C(O)CCCCCCCCCCCCCCCCCCCCCC. The zero-order chi connectivity index (χ0) is 51.3. The standard InChI is InChI=1S/C67H129NO3/c1-3-5-7-9-11-13-15-17-19-21-23-25-26-27-28-29-30-31-32-33-34-35-36-37-38-39-40-41-42-43-45-47-49-51-53-55-57-59-61-63-67(71)68-65(64-69)66(70)62-60-58-56-54-52-50-48-46-44-24-22-20-18-16-14-12-10-8-6-4-2/h15,17,21,23,26-27,65-66,69-70H,3-14,16,18-20,22,24-25,28-64H2,1-2H3,(H,68,71)/b17-15-,23-21-,27-26-. The summed E-state index contributed by atoms with van der Waals surface area (Å²) in [6.45, 7) is 4.38. The molecule has 0 bridgehead atoms. The van der Waals surface area contributed by atoms with E-state index >= 15 is 0 Å². The molecule has 420 valence electrons. The van der Waals surface area contributed by atoms with Gasteiger partial charge in [-0.25, -0.2) is 0 Å². The van der Waals surface area contributed by atoms with Gasteiger partial charge in [-0.3, -0.25) is 4.79 Å². The second-order valence-corrected chi connectivity index (χ2v) is 22.5. The molecule has 0 fully saturated rings. The highest BCUT2D eigenvalue weighted by atomic mass is 16.3. The Balaban J connectivity index is 3.38. The third-order valence-electron chi connectivity index (χ3n) is 15.4. The molecule has 2 atom stereocenters. The van der Waals surface area contributed by atoms with Crippen LogP contribution in [-0.2, 0) is 4.79 Å². The van der Waals surface area contributed by atoms with Gasteiger partial charge in [-0.05, 0) is 51.4 Å². The molecule has 0 aliphatic carbocycles. The van der Waals surface area contributed by atoms with Crippen LogP contribution in [0.5, 0.6) is 0 Å². The third kappa shape index (κ3) is 59.4. The molecule has 0 aromatic rings. The van der Waals surface area contributed by atoms with E-state index in [2.05, 4.69) is 55.6 Å². The normalized spacial score (nSPS) is 12.9. The quantitative estimate of drug-likeness (QED) is 0.0420. The van der Waals surface area contributed by atoms with Crippen LogP contribution in [0.15, 0.2) is 36.5 Å². The third-order valence-corrected chi connectivity index (χ3v) is 15.4. The van der Waals surface area contributed by atoms with E-state index < -0.39 is 12.1 Å². The lowest BCUT2D eigenvalue weighted by molar-refractivity contribution is -0.123. The Labute approximate surface area is 446 Å². The molecule has 2 unspecified atom stereocenters. The Morgan fingerprint density at radius 2 is 0.577 bits per heavy atom. The van der Waals surface area contributed by atoms with Crippen LogP contribution in [0.1, 0.15) is 367 Å². The number of unbranched alkanes of at least 4 members (excludes halogenated alkanes) is 48. The Bertz CT molecular complexity index is 1080. The number of hydrogen-bond donors (Lipinski definition) is 3. The van der Waals surface area contributed by atoms with Crippen molar-refractivity contribution in [1.29, 1.82) is 0 Å². The number of amides is 1. The lowest BCUT2D eigenvalue weighted by Crippen LogP contribution is -2.45. The van der Waals surface area contributed by atoms with Crippen molar-refractivity contribution >= 4 is 5.91 Å². The molecule has 0 aromatic heterocycles. The number of rotatable bonds is 61. The smallest absolute Gasteiger partial charge is 0.220 e. The summed E-state index contributed by atoms with van der Waals surface area (Å²) in [6.07, 6.45) is 86.1. The van der Waals surface area contributed by atoms with Gasteiger partial charge in [-0.15, -0.1) is 0 Å². The number of hydrogen-bond acceptors (Lipinski definition) is 3. The highest BCUT2D eigenvalue weighted by Crippen LogP contribution is 2.19. The van der Waals surface area contributed by atoms with Gasteiger partial charge in [0, 0.05) is 6.42 Å². The molecule has 0 saturated heterocycles. The predicted octanol–water partition coefficient (Wildman–Crippen LogP) is 22.0. The van der Waals surface area contributed by atoms with Gasteiger partial charge in [0.2, 0.25) is 5.91 Å². The summed E-state index contributed by atoms with van der Waals surface area (Å²) in [6, 6.07) is -0.535. The van der Waals surface area contributed by atoms with E-state index in [0.717, 1.165) is 38.5 Å². The Morgan fingerprint density at radius 1 is 0.338 bits per heavy atom. The van der Waals surface area contributed by atoms with Crippen molar-refractivity contribution in [3.63, 3.8) is 0 Å². The zero-order valence-corrected chi connectivity index (χ0v) is 48.5. The first-order chi connectivity index (χ1) is 35.2. The van der Waals surface area contributed by atoms with Crippen molar-refractivity contribution in [3.05, 3.63) is 36.5 Å². The van der Waals surface area contributed by atoms with Gasteiger partial charge < -0.3 is 15.5 Å². The molecule has 0 aromatic carbocycles. The molecule has 0 heterocycles. The summed E-state index contributed by atoms with van der Waals surface area (Å²) in [5.74, 6) is -0.0233. The lowest BCUT2D eigenvalue weighted by atomic mass is 10.0. The molecule has 4 nitrogen and oxygen atoms in total. The highest BCUT2D eigenvalue weighted by molar-refractivity contribution is 5.76. The lowest BCUT2D eigenvalue weighted by Gasteiger charge is -2.22. The summed E-state index contributed by atoms with van der Waals surface area (Å²) in [5, 5.41) is 23.4. The maximum absolute atomic E-state index is 12.5. The van der Waals surface area contributed by atoms with Gasteiger partial charge in [0.1, 0.15) is 0 Å². The first-order valence-corrected chi connectivity index (χ1v) is 32.7. The molecule has 0 aliphatic heterocycles. The minimum atomic E-state index is -0.658. The monoisotopic (exact) mass is 996 g/mol. The minimum Gasteiger partial charge on any atom is -0.394 e. The van der Waals surface area contributed by atoms with Gasteiger partial charge in [0.05, 0.1) is 18.8 Å². The number of nitrogens with one attached hydrogen (secondary N) is 1. The van der Waals surface area contributed by atoms with E-state index in [9.17, 15) is 15.0 Å². The molecule has 0 rings (SSSR count). The molecule has 4 heteroatoms. The van der Waals surface area contributed by atoms with Crippen molar-refractivity contribution in [2.24, 2.45) is 0 Å². The fraction of sp³-hybridized carbons (Fsp3) is 0.896. The Kier molecular flexibility index (Phi) is 61.7. The molecule has 0 spiro atoms. The summed E-state index contributed by atoms with van der Waals surface area (Å²) in [5.41, 5.74) is 0. The van der Waals surface area contributed by atoms with Crippen molar-refractivity contribution in [2.75, 3.05) is 6.61 Å². The van der Waals surface area contributed by atoms with Crippen molar-refractivity contribution in [3.8, 4) is 0 Å². The van der Waals surface area contributed by atoms with Crippen LogP contribution in [0.3, 0.4) is 0 Å². The van der Waals surface area contributed by atoms with Crippen molar-refractivity contribution in [1.82, 2.24) is 5.32 Å². The van der Waals surface area contributed by atoms with Crippen molar-refractivity contribution < 1.29 is 15.0 Å². The van der Waals surface area contributed by atoms with Gasteiger partial charge >= 0.3 is 0 Å². The van der Waals surface area contributed by atoms with E-state index in [1.54, 1.807) is 0 Å². The summed E-state index contributed by atoms with van der Waals surface area (Å²) < 4.78 is 0. The summed E-state index contributed by atoms with van der Waals surface area (Å²) >= 11 is 0. The van der Waals surface area contributed by atoms with Crippen molar-refractivity contribution in [2.45, 2.75) is 379 Å². The summed E-state index contributed by atoms with van der Waals surface area (Å²) in [4.78, 5) is 12.5. The number of aliphatic hydroxyl groups is 2. The number of carbonyl (C=O) groups is 1. The van der Waals surface area contributed by atoms with Crippen LogP contribution >= 0.6 is 0 Å². The van der Waals surface area contributed by atoms with Gasteiger partial charge in [0.25, 0.3) is 0 Å². The van der Waals surface area contributed by atoms with Crippen LogP contribution in [0.25, 0.3) is 0 Å². The Hall–Kier alpha value is -1.39. The van der Waals surface area contributed by atoms with Gasteiger partial charge in [-0.1, -0.05) is 346 Å². The average molecular weight is 997 g/mol. The second kappa shape index (κ2) is 62.9.